The van der Waals surface area contributed by atoms with Crippen molar-refractivity contribution in [3.63, 3.8) is 0 Å². The van der Waals surface area contributed by atoms with Gasteiger partial charge in [0.1, 0.15) is 5.01 Å². The van der Waals surface area contributed by atoms with Crippen LogP contribution in [0.1, 0.15) is 29.3 Å². The third-order valence-electron chi connectivity index (χ3n) is 3.30. The second-order valence-electron chi connectivity index (χ2n) is 5.34. The average Bonchev–Trinajstić information content (AvgIpc) is 3.06. The lowest BCUT2D eigenvalue weighted by atomic mass is 10.3. The minimum absolute atomic E-state index is 0.0497. The SMILES string of the molecule is COC(=O)c1csc(CN(C(=O)CSc2ccccc2)C(C)C)n1. The van der Waals surface area contributed by atoms with Gasteiger partial charge < -0.3 is 9.64 Å². The number of carbonyl (C=O) groups excluding carboxylic acids is 2. The zero-order chi connectivity index (χ0) is 17.5. The van der Waals surface area contributed by atoms with Crippen molar-refractivity contribution in [3.05, 3.63) is 46.4 Å². The van der Waals surface area contributed by atoms with Gasteiger partial charge in [0.15, 0.2) is 5.69 Å². The van der Waals surface area contributed by atoms with E-state index in [4.69, 9.17) is 0 Å². The third kappa shape index (κ3) is 5.07. The Kier molecular flexibility index (Phi) is 6.81. The first-order valence-electron chi connectivity index (χ1n) is 7.51. The molecule has 0 spiro atoms. The number of nitrogens with zero attached hydrogens (tertiary/aromatic N) is 2. The molecular formula is C17H20N2O3S2. The van der Waals surface area contributed by atoms with Crippen LogP contribution in [0, 0.1) is 0 Å². The van der Waals surface area contributed by atoms with Gasteiger partial charge in [-0.1, -0.05) is 18.2 Å². The molecule has 24 heavy (non-hydrogen) atoms. The van der Waals surface area contributed by atoms with Crippen LogP contribution >= 0.6 is 23.1 Å². The van der Waals surface area contributed by atoms with Crippen LogP contribution in [0.4, 0.5) is 0 Å². The topological polar surface area (TPSA) is 59.5 Å². The van der Waals surface area contributed by atoms with Gasteiger partial charge in [0.25, 0.3) is 0 Å². The molecule has 0 radical (unpaired) electrons. The van der Waals surface area contributed by atoms with Crippen molar-refractivity contribution in [2.75, 3.05) is 12.9 Å². The monoisotopic (exact) mass is 364 g/mol. The average molecular weight is 364 g/mol. The van der Waals surface area contributed by atoms with Crippen molar-refractivity contribution in [1.29, 1.82) is 0 Å². The first-order chi connectivity index (χ1) is 11.5. The van der Waals surface area contributed by atoms with Gasteiger partial charge in [-0.25, -0.2) is 9.78 Å². The van der Waals surface area contributed by atoms with Crippen LogP contribution in [-0.2, 0) is 16.1 Å². The predicted octanol–water partition coefficient (Wildman–Crippen LogP) is 3.46. The van der Waals surface area contributed by atoms with Gasteiger partial charge in [0.05, 0.1) is 19.4 Å². The maximum absolute atomic E-state index is 12.5. The molecule has 0 fully saturated rings. The summed E-state index contributed by atoms with van der Waals surface area (Å²) in [5.41, 5.74) is 0.285. The number of carbonyl (C=O) groups is 2. The van der Waals surface area contributed by atoms with Gasteiger partial charge in [-0.05, 0) is 26.0 Å². The number of hydrogen-bond acceptors (Lipinski definition) is 6. The lowest BCUT2D eigenvalue weighted by Gasteiger charge is -2.25. The molecule has 0 N–H and O–H groups in total. The summed E-state index contributed by atoms with van der Waals surface area (Å²) < 4.78 is 4.66. The second-order valence-corrected chi connectivity index (χ2v) is 7.33. The van der Waals surface area contributed by atoms with E-state index in [1.165, 1.54) is 30.2 Å². The fraction of sp³-hybridized carbons (Fsp3) is 0.353. The lowest BCUT2D eigenvalue weighted by Crippen LogP contribution is -2.37. The molecule has 2 aromatic rings. The molecule has 1 aromatic carbocycles. The van der Waals surface area contributed by atoms with E-state index in [1.807, 2.05) is 44.2 Å². The highest BCUT2D eigenvalue weighted by atomic mass is 32.2. The number of esters is 1. The maximum atomic E-state index is 12.5. The largest absolute Gasteiger partial charge is 0.464 e. The number of amides is 1. The number of hydrogen-bond donors (Lipinski definition) is 0. The number of thioether (sulfide) groups is 1. The van der Waals surface area contributed by atoms with E-state index < -0.39 is 5.97 Å². The van der Waals surface area contributed by atoms with Gasteiger partial charge in [-0.15, -0.1) is 23.1 Å². The van der Waals surface area contributed by atoms with Crippen LogP contribution in [-0.4, -0.2) is 40.7 Å². The van der Waals surface area contributed by atoms with Crippen LogP contribution in [0.15, 0.2) is 40.6 Å². The summed E-state index contributed by atoms with van der Waals surface area (Å²) in [6.45, 7) is 4.34. The lowest BCUT2D eigenvalue weighted by molar-refractivity contribution is -0.130. The van der Waals surface area contributed by atoms with E-state index in [0.29, 0.717) is 12.3 Å². The molecule has 128 valence electrons. The highest BCUT2D eigenvalue weighted by molar-refractivity contribution is 8.00. The Balaban J connectivity index is 1.99. The Morgan fingerprint density at radius 2 is 2.00 bits per heavy atom. The van der Waals surface area contributed by atoms with E-state index in [2.05, 4.69) is 9.72 Å². The summed E-state index contributed by atoms with van der Waals surface area (Å²) in [7, 11) is 1.33. The summed E-state index contributed by atoms with van der Waals surface area (Å²) in [6.07, 6.45) is 0. The Bertz CT molecular complexity index is 686. The Hall–Kier alpha value is -1.86. The molecule has 0 atom stereocenters. The molecule has 0 unspecified atom stereocenters. The summed E-state index contributed by atoms with van der Waals surface area (Å²) in [5, 5.41) is 2.38. The Morgan fingerprint density at radius 3 is 2.62 bits per heavy atom. The summed E-state index contributed by atoms with van der Waals surface area (Å²) in [6, 6.07) is 9.89. The van der Waals surface area contributed by atoms with Crippen molar-refractivity contribution in [1.82, 2.24) is 9.88 Å². The Morgan fingerprint density at radius 1 is 1.29 bits per heavy atom. The number of rotatable bonds is 7. The molecule has 0 aliphatic carbocycles. The fourth-order valence-corrected chi connectivity index (χ4v) is 3.60. The number of thiazole rings is 1. The number of methoxy groups -OCH3 is 1. The third-order valence-corrected chi connectivity index (χ3v) is 5.13. The van der Waals surface area contributed by atoms with E-state index in [1.54, 1.807) is 10.3 Å². The summed E-state index contributed by atoms with van der Waals surface area (Å²) >= 11 is 2.87. The molecule has 0 aliphatic heterocycles. The minimum atomic E-state index is -0.459. The minimum Gasteiger partial charge on any atom is -0.464 e. The number of ether oxygens (including phenoxy) is 1. The van der Waals surface area contributed by atoms with E-state index in [0.717, 1.165) is 9.90 Å². The van der Waals surface area contributed by atoms with Crippen molar-refractivity contribution in [2.24, 2.45) is 0 Å². The molecule has 0 saturated heterocycles. The molecule has 0 saturated carbocycles. The molecule has 1 amide bonds. The fourth-order valence-electron chi connectivity index (χ4n) is 2.03. The van der Waals surface area contributed by atoms with Crippen molar-refractivity contribution < 1.29 is 14.3 Å². The molecule has 2 rings (SSSR count). The standard InChI is InChI=1S/C17H20N2O3S2/c1-12(2)19(9-15-18-14(10-24-15)17(21)22-3)16(20)11-23-13-7-5-4-6-8-13/h4-8,10,12H,9,11H2,1-3H3. The molecule has 0 aliphatic rings. The van der Waals surface area contributed by atoms with Gasteiger partial charge in [0.2, 0.25) is 5.91 Å². The van der Waals surface area contributed by atoms with Crippen molar-refractivity contribution >= 4 is 35.0 Å². The van der Waals surface area contributed by atoms with Crippen LogP contribution in [0.25, 0.3) is 0 Å². The molecule has 7 heteroatoms. The Labute approximate surface area is 150 Å². The predicted molar refractivity (Wildman–Crippen MR) is 96.3 cm³/mol. The summed E-state index contributed by atoms with van der Waals surface area (Å²) in [4.78, 5) is 31.1. The van der Waals surface area contributed by atoms with Crippen molar-refractivity contribution in [2.45, 2.75) is 31.3 Å². The van der Waals surface area contributed by atoms with Gasteiger partial charge >= 0.3 is 5.97 Å². The van der Waals surface area contributed by atoms with Gasteiger partial charge in [0, 0.05) is 16.3 Å². The number of aromatic nitrogens is 1. The van der Waals surface area contributed by atoms with Gasteiger partial charge in [-0.3, -0.25) is 4.79 Å². The maximum Gasteiger partial charge on any atom is 0.357 e. The normalized spacial score (nSPS) is 10.7. The van der Waals surface area contributed by atoms with E-state index in [9.17, 15) is 9.59 Å². The van der Waals surface area contributed by atoms with E-state index in [-0.39, 0.29) is 17.6 Å². The van der Waals surface area contributed by atoms with Crippen LogP contribution in [0.2, 0.25) is 0 Å². The quantitative estimate of drug-likeness (QED) is 0.556. The smallest absolute Gasteiger partial charge is 0.357 e. The molecule has 1 heterocycles. The van der Waals surface area contributed by atoms with E-state index >= 15 is 0 Å². The van der Waals surface area contributed by atoms with Crippen LogP contribution < -0.4 is 0 Å². The van der Waals surface area contributed by atoms with Crippen molar-refractivity contribution in [3.8, 4) is 0 Å². The van der Waals surface area contributed by atoms with Gasteiger partial charge in [-0.2, -0.15) is 0 Å². The number of benzene rings is 1. The molecule has 1 aromatic heterocycles. The second kappa shape index (κ2) is 8.84. The highest BCUT2D eigenvalue weighted by Crippen LogP contribution is 2.20. The highest BCUT2D eigenvalue weighted by Gasteiger charge is 2.20. The molecule has 5 nitrogen and oxygen atoms in total. The zero-order valence-electron chi connectivity index (χ0n) is 13.9. The molecule has 0 bridgehead atoms. The van der Waals surface area contributed by atoms with Crippen LogP contribution in [0.5, 0.6) is 0 Å². The first-order valence-corrected chi connectivity index (χ1v) is 9.37. The molecular weight excluding hydrogens is 344 g/mol. The zero-order valence-corrected chi connectivity index (χ0v) is 15.5. The first kappa shape index (κ1) is 18.5. The van der Waals surface area contributed by atoms with Crippen LogP contribution in [0.3, 0.4) is 0 Å². The summed E-state index contributed by atoms with van der Waals surface area (Å²) in [5.74, 6) is -0.0366.